The van der Waals surface area contributed by atoms with Crippen molar-refractivity contribution in [1.29, 1.82) is 0 Å². The van der Waals surface area contributed by atoms with Gasteiger partial charge in [-0.25, -0.2) is 13.1 Å². The summed E-state index contributed by atoms with van der Waals surface area (Å²) in [6, 6.07) is -0.0839. The number of nitrogen functional groups attached to an aromatic ring is 1. The van der Waals surface area contributed by atoms with Crippen LogP contribution in [0.4, 0.5) is 5.69 Å². The maximum Gasteiger partial charge on any atom is 0.244 e. The number of sulfonamides is 1. The molecule has 8 nitrogen and oxygen atoms in total. The summed E-state index contributed by atoms with van der Waals surface area (Å²) in [7, 11) is -3.18. The molecule has 1 fully saturated rings. The summed E-state index contributed by atoms with van der Waals surface area (Å²) in [5.41, 5.74) is 6.07. The molecule has 1 aromatic heterocycles. The van der Waals surface area contributed by atoms with Gasteiger partial charge < -0.3 is 10.6 Å². The highest BCUT2D eigenvalue weighted by atomic mass is 32.2. The number of rotatable bonds is 5. The first-order valence-corrected chi connectivity index (χ1v) is 8.60. The molecule has 0 aliphatic carbocycles. The highest BCUT2D eigenvalue weighted by Crippen LogP contribution is 2.12. The molecule has 1 amide bonds. The monoisotopic (exact) mass is 315 g/mol. The van der Waals surface area contributed by atoms with E-state index in [1.165, 1.54) is 10.9 Å². The van der Waals surface area contributed by atoms with E-state index in [1.54, 1.807) is 18.0 Å². The smallest absolute Gasteiger partial charge is 0.244 e. The van der Waals surface area contributed by atoms with E-state index in [0.29, 0.717) is 31.6 Å². The lowest BCUT2D eigenvalue weighted by atomic mass is 10.1. The number of nitrogens with zero attached hydrogens (tertiary/aromatic N) is 3. The zero-order valence-corrected chi connectivity index (χ0v) is 12.8. The minimum absolute atomic E-state index is 0.0325. The van der Waals surface area contributed by atoms with Crippen LogP contribution in [0.25, 0.3) is 0 Å². The summed E-state index contributed by atoms with van der Waals surface area (Å²) in [6.07, 6.45) is 4.37. The van der Waals surface area contributed by atoms with E-state index in [2.05, 4.69) is 9.82 Å². The van der Waals surface area contributed by atoms with Crippen molar-refractivity contribution in [3.8, 4) is 0 Å². The van der Waals surface area contributed by atoms with Crippen LogP contribution in [-0.4, -0.2) is 53.9 Å². The van der Waals surface area contributed by atoms with Crippen LogP contribution >= 0.6 is 0 Å². The summed E-state index contributed by atoms with van der Waals surface area (Å²) < 4.78 is 27.2. The van der Waals surface area contributed by atoms with Gasteiger partial charge in [0.25, 0.3) is 0 Å². The van der Waals surface area contributed by atoms with E-state index >= 15 is 0 Å². The average Bonchev–Trinajstić information content (AvgIpc) is 2.84. The van der Waals surface area contributed by atoms with Gasteiger partial charge in [-0.3, -0.25) is 9.48 Å². The number of hydrogen-bond acceptors (Lipinski definition) is 5. The molecule has 21 heavy (non-hydrogen) atoms. The van der Waals surface area contributed by atoms with Crippen LogP contribution in [0.15, 0.2) is 12.4 Å². The van der Waals surface area contributed by atoms with Gasteiger partial charge >= 0.3 is 0 Å². The van der Waals surface area contributed by atoms with Crippen molar-refractivity contribution in [2.75, 3.05) is 24.6 Å². The first-order chi connectivity index (χ1) is 9.89. The number of anilines is 1. The first kappa shape index (κ1) is 15.8. The average molecular weight is 315 g/mol. The van der Waals surface area contributed by atoms with Crippen molar-refractivity contribution in [2.45, 2.75) is 32.4 Å². The first-order valence-electron chi connectivity index (χ1n) is 6.95. The molecule has 3 N–H and O–H groups in total. The van der Waals surface area contributed by atoms with Crippen LogP contribution < -0.4 is 10.5 Å². The number of nitrogens with two attached hydrogens (primary N) is 1. The molecule has 9 heteroatoms. The molecule has 2 heterocycles. The number of aromatic nitrogens is 2. The Kier molecular flexibility index (Phi) is 4.84. The highest BCUT2D eigenvalue weighted by Gasteiger charge is 2.25. The van der Waals surface area contributed by atoms with E-state index in [0.717, 1.165) is 0 Å². The van der Waals surface area contributed by atoms with E-state index in [1.807, 2.05) is 0 Å². The van der Waals surface area contributed by atoms with Gasteiger partial charge in [0.05, 0.1) is 17.6 Å². The molecule has 1 aliphatic rings. The van der Waals surface area contributed by atoms with E-state index in [4.69, 9.17) is 5.73 Å². The number of carbonyl (C=O) groups excluding carboxylic acids is 1. The van der Waals surface area contributed by atoms with E-state index < -0.39 is 10.0 Å². The third kappa shape index (κ3) is 4.43. The molecule has 0 bridgehead atoms. The Morgan fingerprint density at radius 3 is 2.67 bits per heavy atom. The Bertz CT molecular complexity index is 590. The predicted octanol–water partition coefficient (Wildman–Crippen LogP) is -0.604. The summed E-state index contributed by atoms with van der Waals surface area (Å²) in [6.45, 7) is 2.86. The lowest BCUT2D eigenvalue weighted by Crippen LogP contribution is -2.47. The number of carbonyl (C=O) groups is 1. The van der Waals surface area contributed by atoms with Crippen LogP contribution in [0, 0.1) is 0 Å². The second-order valence-electron chi connectivity index (χ2n) is 5.15. The normalized spacial score (nSPS) is 17.1. The Labute approximate surface area is 124 Å². The molecule has 0 saturated carbocycles. The van der Waals surface area contributed by atoms with E-state index in [9.17, 15) is 13.2 Å². The zero-order chi connectivity index (χ0) is 15.5. The Balaban J connectivity index is 1.82. The Morgan fingerprint density at radius 1 is 1.48 bits per heavy atom. The summed E-state index contributed by atoms with van der Waals surface area (Å²) in [5.74, 6) is 0.0438. The van der Waals surface area contributed by atoms with Gasteiger partial charge in [-0.15, -0.1) is 0 Å². The SMILES string of the molecule is CCS(=O)(=O)NC1CCN(C(=O)Cn2cc(N)cn2)CC1. The van der Waals surface area contributed by atoms with Gasteiger partial charge in [-0.2, -0.15) is 5.10 Å². The third-order valence-electron chi connectivity index (χ3n) is 3.52. The number of nitrogens with one attached hydrogen (secondary N) is 1. The molecule has 0 unspecified atom stereocenters. The van der Waals surface area contributed by atoms with Crippen molar-refractivity contribution in [2.24, 2.45) is 0 Å². The maximum atomic E-state index is 12.1. The largest absolute Gasteiger partial charge is 0.396 e. The molecular weight excluding hydrogens is 294 g/mol. The van der Waals surface area contributed by atoms with Gasteiger partial charge in [0.15, 0.2) is 0 Å². The molecule has 0 spiro atoms. The van der Waals surface area contributed by atoms with Crippen molar-refractivity contribution in [3.63, 3.8) is 0 Å². The topological polar surface area (TPSA) is 110 Å². The summed E-state index contributed by atoms with van der Waals surface area (Å²) >= 11 is 0. The molecule has 118 valence electrons. The quantitative estimate of drug-likeness (QED) is 0.753. The second-order valence-corrected chi connectivity index (χ2v) is 7.19. The van der Waals surface area contributed by atoms with Gasteiger partial charge in [-0.05, 0) is 19.8 Å². The number of likely N-dealkylation sites (tertiary alicyclic amines) is 1. The maximum absolute atomic E-state index is 12.1. The molecule has 1 saturated heterocycles. The molecular formula is C12H21N5O3S. The minimum atomic E-state index is -3.18. The van der Waals surface area contributed by atoms with Crippen molar-refractivity contribution < 1.29 is 13.2 Å². The molecule has 1 aliphatic heterocycles. The van der Waals surface area contributed by atoms with Crippen LogP contribution in [-0.2, 0) is 21.4 Å². The minimum Gasteiger partial charge on any atom is -0.396 e. The van der Waals surface area contributed by atoms with Gasteiger partial charge in [0.2, 0.25) is 15.9 Å². The molecule has 0 aromatic carbocycles. The van der Waals surface area contributed by atoms with Crippen molar-refractivity contribution in [3.05, 3.63) is 12.4 Å². The molecule has 2 rings (SSSR count). The highest BCUT2D eigenvalue weighted by molar-refractivity contribution is 7.89. The van der Waals surface area contributed by atoms with Crippen molar-refractivity contribution in [1.82, 2.24) is 19.4 Å². The van der Waals surface area contributed by atoms with Crippen LogP contribution in [0.5, 0.6) is 0 Å². The third-order valence-corrected chi connectivity index (χ3v) is 4.98. The lowest BCUT2D eigenvalue weighted by Gasteiger charge is -2.32. The number of hydrogen-bond donors (Lipinski definition) is 2. The number of piperidine rings is 1. The van der Waals surface area contributed by atoms with Gasteiger partial charge in [0, 0.05) is 25.3 Å². The Hall–Kier alpha value is -1.61. The standard InChI is InChI=1S/C12H21N5O3S/c1-2-21(19,20)15-11-3-5-16(6-4-11)12(18)9-17-8-10(13)7-14-17/h7-8,11,15H,2-6,9,13H2,1H3. The fourth-order valence-corrected chi connectivity index (χ4v) is 3.20. The fourth-order valence-electron chi connectivity index (χ4n) is 2.29. The molecule has 0 radical (unpaired) electrons. The van der Waals surface area contributed by atoms with Crippen LogP contribution in [0.2, 0.25) is 0 Å². The number of amides is 1. The van der Waals surface area contributed by atoms with Crippen molar-refractivity contribution >= 4 is 21.6 Å². The van der Waals surface area contributed by atoms with Crippen LogP contribution in [0.3, 0.4) is 0 Å². The fraction of sp³-hybridized carbons (Fsp3) is 0.667. The molecule has 0 atom stereocenters. The lowest BCUT2D eigenvalue weighted by molar-refractivity contribution is -0.133. The second kappa shape index (κ2) is 6.44. The Morgan fingerprint density at radius 2 is 2.14 bits per heavy atom. The summed E-state index contributed by atoms with van der Waals surface area (Å²) in [5, 5.41) is 3.98. The van der Waals surface area contributed by atoms with Gasteiger partial charge in [-0.1, -0.05) is 0 Å². The van der Waals surface area contributed by atoms with Crippen LogP contribution in [0.1, 0.15) is 19.8 Å². The molecule has 1 aromatic rings. The van der Waals surface area contributed by atoms with Gasteiger partial charge in [0.1, 0.15) is 6.54 Å². The predicted molar refractivity (Wildman–Crippen MR) is 78.8 cm³/mol. The summed E-state index contributed by atoms with van der Waals surface area (Å²) in [4.78, 5) is 13.8. The zero-order valence-electron chi connectivity index (χ0n) is 12.0. The van der Waals surface area contributed by atoms with E-state index in [-0.39, 0.29) is 24.2 Å².